The molecule has 1 aromatic heterocycles. The first-order valence-electron chi connectivity index (χ1n) is 15.7. The van der Waals surface area contributed by atoms with Crippen molar-refractivity contribution in [3.05, 3.63) is 63.5 Å². The second kappa shape index (κ2) is 9.65. The van der Waals surface area contributed by atoms with Crippen molar-refractivity contribution in [2.75, 3.05) is 0 Å². The van der Waals surface area contributed by atoms with Gasteiger partial charge in [0, 0.05) is 22.5 Å². The lowest BCUT2D eigenvalue weighted by Crippen LogP contribution is -2.46. The van der Waals surface area contributed by atoms with Gasteiger partial charge >= 0.3 is 6.18 Å². The van der Waals surface area contributed by atoms with E-state index >= 15 is 0 Å². The van der Waals surface area contributed by atoms with Crippen molar-refractivity contribution in [2.24, 2.45) is 5.41 Å². The second-order valence-electron chi connectivity index (χ2n) is 15.2. The van der Waals surface area contributed by atoms with Crippen molar-refractivity contribution >= 4 is 8.32 Å². The Balaban J connectivity index is 1.57. The van der Waals surface area contributed by atoms with E-state index in [0.29, 0.717) is 0 Å². The third kappa shape index (κ3) is 4.82. The Labute approximate surface area is 244 Å². The van der Waals surface area contributed by atoms with Crippen LogP contribution in [0.3, 0.4) is 0 Å². The fourth-order valence-corrected chi connectivity index (χ4v) is 8.98. The summed E-state index contributed by atoms with van der Waals surface area (Å²) in [5, 5.41) is 0.0795. The molecular weight excluding hydrogens is 539 g/mol. The molecule has 2 atom stereocenters. The predicted octanol–water partition coefficient (Wildman–Crippen LogP) is 10.3. The van der Waals surface area contributed by atoms with E-state index in [2.05, 4.69) is 47.7 Å². The van der Waals surface area contributed by atoms with Crippen LogP contribution in [0.1, 0.15) is 143 Å². The molecule has 0 bridgehead atoms. The van der Waals surface area contributed by atoms with E-state index in [0.717, 1.165) is 55.3 Å². The SMILES string of the molecule is CC(C)c1nc2c(c3c1C(c1ccc(C(F)(F)F)cc1)OC31CCCC1)C(O[Si](C)(C)C(C)(C)C)CC1(CCC1)C2. The molecule has 2 spiro atoms. The van der Waals surface area contributed by atoms with Crippen molar-refractivity contribution in [1.29, 1.82) is 0 Å². The Kier molecular flexibility index (Phi) is 6.91. The number of benzene rings is 1. The van der Waals surface area contributed by atoms with E-state index in [1.54, 1.807) is 12.1 Å². The predicted molar refractivity (Wildman–Crippen MR) is 158 cm³/mol. The molecule has 2 aromatic rings. The highest BCUT2D eigenvalue weighted by molar-refractivity contribution is 6.74. The highest BCUT2D eigenvalue weighted by Crippen LogP contribution is 2.62. The van der Waals surface area contributed by atoms with Gasteiger partial charge in [0.2, 0.25) is 0 Å². The number of alkyl halides is 3. The Bertz CT molecular complexity index is 1320. The van der Waals surface area contributed by atoms with Crippen LogP contribution in [0.15, 0.2) is 24.3 Å². The minimum atomic E-state index is -4.37. The molecule has 0 radical (unpaired) electrons. The van der Waals surface area contributed by atoms with Crippen molar-refractivity contribution in [2.45, 2.75) is 140 Å². The van der Waals surface area contributed by atoms with Gasteiger partial charge in [-0.25, -0.2) is 0 Å². The van der Waals surface area contributed by atoms with Gasteiger partial charge in [-0.3, -0.25) is 4.98 Å². The van der Waals surface area contributed by atoms with Gasteiger partial charge in [0.05, 0.1) is 17.3 Å². The summed E-state index contributed by atoms with van der Waals surface area (Å²) >= 11 is 0. The average Bonchev–Trinajstić information content (AvgIpc) is 3.46. The van der Waals surface area contributed by atoms with E-state index in [-0.39, 0.29) is 22.5 Å². The molecule has 0 amide bonds. The van der Waals surface area contributed by atoms with Crippen LogP contribution in [0.5, 0.6) is 0 Å². The second-order valence-corrected chi connectivity index (χ2v) is 20.0. The average molecular weight is 586 g/mol. The summed E-state index contributed by atoms with van der Waals surface area (Å²) in [6, 6.07) is 5.62. The molecule has 224 valence electrons. The molecule has 0 N–H and O–H groups in total. The molecule has 2 unspecified atom stereocenters. The molecule has 3 nitrogen and oxygen atoms in total. The highest BCUT2D eigenvalue weighted by Gasteiger charge is 2.55. The van der Waals surface area contributed by atoms with E-state index in [1.165, 1.54) is 48.2 Å². The standard InChI is InChI=1S/C34H46F3NO2Si/c1-21(2)29-27-28(33(17-8-9-18-33)39-30(27)22-11-13-23(14-12-22)34(35,36)37)26-24(38-29)19-32(15-10-16-32)20-25(26)40-41(6,7)31(3,4)5/h11-14,21,25,30H,8-10,15-20H2,1-7H3. The molecule has 2 heterocycles. The maximum Gasteiger partial charge on any atom is 0.416 e. The summed E-state index contributed by atoms with van der Waals surface area (Å²) in [5.74, 6) is 0.171. The van der Waals surface area contributed by atoms with Crippen LogP contribution in [0.4, 0.5) is 13.2 Å². The van der Waals surface area contributed by atoms with Gasteiger partial charge in [-0.1, -0.05) is 66.0 Å². The van der Waals surface area contributed by atoms with Gasteiger partial charge < -0.3 is 9.16 Å². The third-order valence-electron chi connectivity index (χ3n) is 11.1. The fourth-order valence-electron chi connectivity index (χ4n) is 7.71. The zero-order valence-corrected chi connectivity index (χ0v) is 26.8. The molecule has 2 fully saturated rings. The monoisotopic (exact) mass is 585 g/mol. The van der Waals surface area contributed by atoms with E-state index in [4.69, 9.17) is 14.1 Å². The summed E-state index contributed by atoms with van der Waals surface area (Å²) in [6.45, 7) is 16.0. The molecule has 0 saturated heterocycles. The number of halogens is 3. The van der Waals surface area contributed by atoms with Crippen LogP contribution in [0.25, 0.3) is 0 Å². The van der Waals surface area contributed by atoms with Gasteiger partial charge in [0.25, 0.3) is 0 Å². The Morgan fingerprint density at radius 3 is 2.10 bits per heavy atom. The number of nitrogens with zero attached hydrogens (tertiary/aromatic N) is 1. The largest absolute Gasteiger partial charge is 0.416 e. The highest BCUT2D eigenvalue weighted by atomic mass is 28.4. The van der Waals surface area contributed by atoms with Crippen molar-refractivity contribution in [3.8, 4) is 0 Å². The zero-order chi connectivity index (χ0) is 29.6. The Morgan fingerprint density at radius 2 is 1.59 bits per heavy atom. The minimum absolute atomic E-state index is 0.0187. The molecule has 7 heteroatoms. The molecule has 1 aromatic carbocycles. The molecular formula is C34H46F3NO2Si. The summed E-state index contributed by atoms with van der Waals surface area (Å²) in [5.41, 5.74) is 5.89. The molecule has 4 aliphatic rings. The van der Waals surface area contributed by atoms with E-state index < -0.39 is 31.8 Å². The number of hydrogen-bond acceptors (Lipinski definition) is 3. The van der Waals surface area contributed by atoms with Gasteiger partial charge in [0.1, 0.15) is 6.10 Å². The van der Waals surface area contributed by atoms with Crippen molar-refractivity contribution in [3.63, 3.8) is 0 Å². The van der Waals surface area contributed by atoms with Crippen LogP contribution in [-0.2, 0) is 27.4 Å². The summed E-state index contributed by atoms with van der Waals surface area (Å²) in [7, 11) is -2.11. The minimum Gasteiger partial charge on any atom is -0.410 e. The smallest absolute Gasteiger partial charge is 0.410 e. The van der Waals surface area contributed by atoms with Gasteiger partial charge in [0.15, 0.2) is 8.32 Å². The zero-order valence-electron chi connectivity index (χ0n) is 25.8. The van der Waals surface area contributed by atoms with E-state index in [9.17, 15) is 13.2 Å². The molecule has 2 saturated carbocycles. The van der Waals surface area contributed by atoms with Gasteiger partial charge in [-0.05, 0) is 91.2 Å². The number of fused-ring (bicyclic) bond motifs is 4. The maximum atomic E-state index is 13.4. The summed E-state index contributed by atoms with van der Waals surface area (Å²) in [4.78, 5) is 5.47. The van der Waals surface area contributed by atoms with Gasteiger partial charge in [-0.2, -0.15) is 13.2 Å². The third-order valence-corrected chi connectivity index (χ3v) is 15.6. The lowest BCUT2D eigenvalue weighted by molar-refractivity contribution is -0.137. The van der Waals surface area contributed by atoms with Crippen LogP contribution in [-0.4, -0.2) is 13.3 Å². The Morgan fingerprint density at radius 1 is 0.951 bits per heavy atom. The molecule has 41 heavy (non-hydrogen) atoms. The quantitative estimate of drug-likeness (QED) is 0.335. The van der Waals surface area contributed by atoms with Crippen LogP contribution in [0, 0.1) is 5.41 Å². The number of ether oxygens (including phenoxy) is 1. The summed E-state index contributed by atoms with van der Waals surface area (Å²) in [6.07, 6.45) is 4.99. The van der Waals surface area contributed by atoms with Crippen LogP contribution in [0.2, 0.25) is 18.1 Å². The molecule has 3 aliphatic carbocycles. The fraction of sp³-hybridized carbons (Fsp3) is 0.676. The Hall–Kier alpha value is -1.70. The first kappa shape index (κ1) is 29.4. The van der Waals surface area contributed by atoms with E-state index in [1.807, 2.05) is 0 Å². The number of pyridine rings is 1. The molecule has 6 rings (SSSR count). The normalized spacial score (nSPS) is 25.0. The number of rotatable bonds is 4. The lowest BCUT2D eigenvalue weighted by Gasteiger charge is -2.51. The summed E-state index contributed by atoms with van der Waals surface area (Å²) < 4.78 is 54.8. The van der Waals surface area contributed by atoms with Crippen molar-refractivity contribution < 1.29 is 22.3 Å². The van der Waals surface area contributed by atoms with Crippen LogP contribution < -0.4 is 0 Å². The molecule has 1 aliphatic heterocycles. The number of aromatic nitrogens is 1. The lowest BCUT2D eigenvalue weighted by atomic mass is 9.59. The van der Waals surface area contributed by atoms with Gasteiger partial charge in [-0.15, -0.1) is 0 Å². The maximum absolute atomic E-state index is 13.4. The van der Waals surface area contributed by atoms with Crippen LogP contribution >= 0.6 is 0 Å². The first-order chi connectivity index (χ1) is 19.1. The van der Waals surface area contributed by atoms with Crippen molar-refractivity contribution in [1.82, 2.24) is 4.98 Å². The first-order valence-corrected chi connectivity index (χ1v) is 18.6. The number of hydrogen-bond donors (Lipinski definition) is 0. The topological polar surface area (TPSA) is 31.4 Å².